The lowest BCUT2D eigenvalue weighted by molar-refractivity contribution is 0.104. The molecule has 2 aromatic carbocycles. The minimum atomic E-state index is -3.35. The number of hydrogen-bond acceptors (Lipinski definition) is 4. The summed E-state index contributed by atoms with van der Waals surface area (Å²) in [4.78, 5) is 12.5. The number of hydrogen-bond donors (Lipinski definition) is 1. The molecule has 3 rings (SSSR count). The number of para-hydroxylation sites is 1. The first-order valence-corrected chi connectivity index (χ1v) is 11.0. The normalized spacial score (nSPS) is 11.7. The Bertz CT molecular complexity index is 1150. The number of aryl methyl sites for hydroxylation is 1. The molecule has 29 heavy (non-hydrogen) atoms. The van der Waals surface area contributed by atoms with Gasteiger partial charge in [0, 0.05) is 16.8 Å². The van der Waals surface area contributed by atoms with E-state index in [9.17, 15) is 13.2 Å². The van der Waals surface area contributed by atoms with Crippen LogP contribution in [0.1, 0.15) is 28.5 Å². The SMILES string of the molecule is CCS(=O)(=O)Nc1ccc(C(=O)C=Cc2c(C)nn(-c3ccccc3)c2Cl)cc1. The van der Waals surface area contributed by atoms with Crippen molar-refractivity contribution in [3.63, 3.8) is 0 Å². The highest BCUT2D eigenvalue weighted by Gasteiger charge is 2.13. The Morgan fingerprint density at radius 3 is 2.41 bits per heavy atom. The summed E-state index contributed by atoms with van der Waals surface area (Å²) in [6.07, 6.45) is 3.07. The van der Waals surface area contributed by atoms with Gasteiger partial charge in [0.05, 0.1) is 17.1 Å². The van der Waals surface area contributed by atoms with E-state index in [2.05, 4.69) is 9.82 Å². The average Bonchev–Trinajstić information content (AvgIpc) is 3.00. The van der Waals surface area contributed by atoms with Gasteiger partial charge in [-0.2, -0.15) is 5.10 Å². The van der Waals surface area contributed by atoms with Crippen molar-refractivity contribution >= 4 is 39.2 Å². The Labute approximate surface area is 174 Å². The molecule has 0 saturated carbocycles. The highest BCUT2D eigenvalue weighted by molar-refractivity contribution is 7.92. The lowest BCUT2D eigenvalue weighted by Gasteiger charge is -2.06. The molecule has 6 nitrogen and oxygen atoms in total. The Morgan fingerprint density at radius 2 is 1.79 bits per heavy atom. The second-order valence-corrected chi connectivity index (χ2v) is 8.69. The largest absolute Gasteiger partial charge is 0.289 e. The van der Waals surface area contributed by atoms with Crippen LogP contribution in [0.4, 0.5) is 5.69 Å². The molecule has 0 bridgehead atoms. The van der Waals surface area contributed by atoms with E-state index in [-0.39, 0.29) is 11.5 Å². The van der Waals surface area contributed by atoms with Gasteiger partial charge in [0.2, 0.25) is 10.0 Å². The molecule has 0 fully saturated rings. The number of carbonyl (C=O) groups excluding carboxylic acids is 1. The molecule has 0 aliphatic heterocycles. The number of ketones is 1. The predicted molar refractivity (Wildman–Crippen MR) is 116 cm³/mol. The number of allylic oxidation sites excluding steroid dienone is 1. The number of benzene rings is 2. The Kier molecular flexibility index (Phi) is 6.20. The summed E-state index contributed by atoms with van der Waals surface area (Å²) in [6, 6.07) is 15.7. The lowest BCUT2D eigenvalue weighted by Crippen LogP contribution is -2.14. The van der Waals surface area contributed by atoms with Crippen LogP contribution in [-0.2, 0) is 10.0 Å². The fourth-order valence-electron chi connectivity index (χ4n) is 2.65. The molecule has 1 N–H and O–H groups in total. The van der Waals surface area contributed by atoms with Gasteiger partial charge in [0.1, 0.15) is 5.15 Å². The van der Waals surface area contributed by atoms with Crippen molar-refractivity contribution in [3.05, 3.63) is 82.6 Å². The van der Waals surface area contributed by atoms with Gasteiger partial charge in [-0.3, -0.25) is 9.52 Å². The zero-order valence-corrected chi connectivity index (χ0v) is 17.5. The van der Waals surface area contributed by atoms with E-state index in [4.69, 9.17) is 11.6 Å². The van der Waals surface area contributed by atoms with E-state index in [1.54, 1.807) is 41.9 Å². The van der Waals surface area contributed by atoms with E-state index in [1.807, 2.05) is 37.3 Å². The van der Waals surface area contributed by atoms with Crippen molar-refractivity contribution < 1.29 is 13.2 Å². The van der Waals surface area contributed by atoms with Crippen LogP contribution >= 0.6 is 11.6 Å². The monoisotopic (exact) mass is 429 g/mol. The zero-order valence-electron chi connectivity index (χ0n) is 16.0. The first-order valence-electron chi connectivity index (χ1n) is 8.94. The molecular weight excluding hydrogens is 410 g/mol. The maximum atomic E-state index is 12.5. The number of aromatic nitrogens is 2. The van der Waals surface area contributed by atoms with Gasteiger partial charge < -0.3 is 0 Å². The van der Waals surface area contributed by atoms with Gasteiger partial charge in [-0.1, -0.05) is 29.8 Å². The number of carbonyl (C=O) groups is 1. The van der Waals surface area contributed by atoms with Crippen LogP contribution in [0.3, 0.4) is 0 Å². The summed E-state index contributed by atoms with van der Waals surface area (Å²) in [5, 5.41) is 4.86. The minimum Gasteiger partial charge on any atom is -0.289 e. The average molecular weight is 430 g/mol. The molecule has 0 radical (unpaired) electrons. The van der Waals surface area contributed by atoms with Gasteiger partial charge in [-0.05, 0) is 62.4 Å². The van der Waals surface area contributed by atoms with Crippen LogP contribution in [0.5, 0.6) is 0 Å². The highest BCUT2D eigenvalue weighted by Crippen LogP contribution is 2.25. The van der Waals surface area contributed by atoms with E-state index < -0.39 is 10.0 Å². The number of sulfonamides is 1. The van der Waals surface area contributed by atoms with Crippen molar-refractivity contribution in [1.29, 1.82) is 0 Å². The molecule has 0 spiro atoms. The van der Waals surface area contributed by atoms with Gasteiger partial charge in [0.15, 0.2) is 5.78 Å². The third-order valence-corrected chi connectivity index (χ3v) is 5.94. The van der Waals surface area contributed by atoms with Crippen LogP contribution in [0.25, 0.3) is 11.8 Å². The summed E-state index contributed by atoms with van der Waals surface area (Å²) >= 11 is 6.46. The number of nitrogens with zero attached hydrogens (tertiary/aromatic N) is 2. The standard InChI is InChI=1S/C21H20ClN3O3S/c1-3-29(27,28)24-17-11-9-16(10-12-17)20(26)14-13-19-15(2)23-25(21(19)22)18-7-5-4-6-8-18/h4-14,24H,3H2,1-2H3. The first-order chi connectivity index (χ1) is 13.8. The first kappa shape index (κ1) is 20.8. The number of rotatable bonds is 7. The third kappa shape index (κ3) is 4.93. The zero-order chi connectivity index (χ0) is 21.0. The van der Waals surface area contributed by atoms with Crippen molar-refractivity contribution in [3.8, 4) is 5.69 Å². The van der Waals surface area contributed by atoms with Gasteiger partial charge in [-0.15, -0.1) is 0 Å². The van der Waals surface area contributed by atoms with Crippen LogP contribution in [-0.4, -0.2) is 29.7 Å². The van der Waals surface area contributed by atoms with Gasteiger partial charge >= 0.3 is 0 Å². The van der Waals surface area contributed by atoms with Gasteiger partial charge in [0.25, 0.3) is 0 Å². The topological polar surface area (TPSA) is 81.1 Å². The Hall–Kier alpha value is -2.90. The highest BCUT2D eigenvalue weighted by atomic mass is 35.5. The van der Waals surface area contributed by atoms with Crippen molar-refractivity contribution in [2.24, 2.45) is 0 Å². The number of halogens is 1. The molecule has 1 aromatic heterocycles. The fraction of sp³-hybridized carbons (Fsp3) is 0.143. The molecule has 3 aromatic rings. The van der Waals surface area contributed by atoms with Crippen molar-refractivity contribution in [2.45, 2.75) is 13.8 Å². The third-order valence-electron chi connectivity index (χ3n) is 4.27. The van der Waals surface area contributed by atoms with Gasteiger partial charge in [-0.25, -0.2) is 13.1 Å². The molecule has 0 aliphatic carbocycles. The van der Waals surface area contributed by atoms with Crippen LogP contribution in [0.15, 0.2) is 60.7 Å². The predicted octanol–water partition coefficient (Wildman–Crippen LogP) is 4.49. The number of anilines is 1. The maximum Gasteiger partial charge on any atom is 0.232 e. The second-order valence-electron chi connectivity index (χ2n) is 6.32. The van der Waals surface area contributed by atoms with E-state index in [0.717, 1.165) is 5.69 Å². The Morgan fingerprint density at radius 1 is 1.14 bits per heavy atom. The summed E-state index contributed by atoms with van der Waals surface area (Å²) in [6.45, 7) is 3.38. The number of nitrogens with one attached hydrogen (secondary N) is 1. The minimum absolute atomic E-state index is 0.0206. The molecule has 0 unspecified atom stereocenters. The quantitative estimate of drug-likeness (QED) is 0.443. The molecule has 0 atom stereocenters. The molecule has 0 saturated heterocycles. The van der Waals surface area contributed by atoms with Crippen molar-refractivity contribution in [2.75, 3.05) is 10.5 Å². The molecule has 0 aliphatic rings. The van der Waals surface area contributed by atoms with Crippen LogP contribution < -0.4 is 4.72 Å². The maximum absolute atomic E-state index is 12.5. The van der Waals surface area contributed by atoms with Crippen LogP contribution in [0.2, 0.25) is 5.15 Å². The summed E-state index contributed by atoms with van der Waals surface area (Å²) in [5.74, 6) is -0.245. The molecule has 8 heteroatoms. The van der Waals surface area contributed by atoms with E-state index in [1.165, 1.54) is 6.08 Å². The summed E-state index contributed by atoms with van der Waals surface area (Å²) in [7, 11) is -3.35. The van der Waals surface area contributed by atoms with Crippen molar-refractivity contribution in [1.82, 2.24) is 9.78 Å². The summed E-state index contributed by atoms with van der Waals surface area (Å²) < 4.78 is 27.3. The molecule has 1 heterocycles. The summed E-state index contributed by atoms with van der Waals surface area (Å²) in [5.41, 5.74) is 3.04. The Balaban J connectivity index is 1.78. The molecule has 0 amide bonds. The van der Waals surface area contributed by atoms with E-state index in [0.29, 0.717) is 27.7 Å². The lowest BCUT2D eigenvalue weighted by atomic mass is 10.1. The molecular formula is C21H20ClN3O3S. The second kappa shape index (κ2) is 8.63. The molecule has 150 valence electrons. The fourth-order valence-corrected chi connectivity index (χ4v) is 3.62. The van der Waals surface area contributed by atoms with Crippen LogP contribution in [0, 0.1) is 6.92 Å². The smallest absolute Gasteiger partial charge is 0.232 e. The van der Waals surface area contributed by atoms with E-state index >= 15 is 0 Å².